The molecule has 3 heterocycles. The molecule has 8 nitrogen and oxygen atoms in total. The van der Waals surface area contributed by atoms with Gasteiger partial charge in [0.15, 0.2) is 17.3 Å². The third-order valence-electron chi connectivity index (χ3n) is 4.97. The van der Waals surface area contributed by atoms with Crippen LogP contribution in [0.15, 0.2) is 30.6 Å². The highest BCUT2D eigenvalue weighted by atomic mass is 16.7. The number of ether oxygens (including phenoxy) is 4. The lowest BCUT2D eigenvalue weighted by Crippen LogP contribution is -2.45. The van der Waals surface area contributed by atoms with Crippen molar-refractivity contribution < 1.29 is 18.9 Å². The molecule has 0 saturated carbocycles. The Morgan fingerprint density at radius 3 is 2.44 bits per heavy atom. The van der Waals surface area contributed by atoms with E-state index in [-0.39, 0.29) is 5.79 Å². The molecule has 27 heavy (non-hydrogen) atoms. The summed E-state index contributed by atoms with van der Waals surface area (Å²) >= 11 is 0. The minimum atomic E-state index is -0.385. The smallest absolute Gasteiger partial charge is 0.171 e. The fourth-order valence-electron chi connectivity index (χ4n) is 3.51. The van der Waals surface area contributed by atoms with Gasteiger partial charge in [0, 0.05) is 43.8 Å². The molecule has 2 aromatic rings. The van der Waals surface area contributed by atoms with Crippen LogP contribution in [0.3, 0.4) is 0 Å². The summed E-state index contributed by atoms with van der Waals surface area (Å²) in [5.41, 5.74) is 0.864. The molecule has 0 unspecified atom stereocenters. The lowest BCUT2D eigenvalue weighted by atomic mass is 10.0. The van der Waals surface area contributed by atoms with Crippen molar-refractivity contribution in [3.05, 3.63) is 30.6 Å². The Balaban J connectivity index is 1.45. The Morgan fingerprint density at radius 2 is 1.74 bits per heavy atom. The average molecular weight is 372 g/mol. The number of hydrogen-bond donors (Lipinski definition) is 1. The number of piperidine rings is 1. The van der Waals surface area contributed by atoms with E-state index in [2.05, 4.69) is 20.2 Å². The first-order valence-electron chi connectivity index (χ1n) is 9.05. The normalized spacial score (nSPS) is 18.5. The summed E-state index contributed by atoms with van der Waals surface area (Å²) in [5.74, 6) is 2.57. The molecule has 1 N–H and O–H groups in total. The van der Waals surface area contributed by atoms with Crippen molar-refractivity contribution in [3.63, 3.8) is 0 Å². The van der Waals surface area contributed by atoms with Crippen molar-refractivity contribution in [2.75, 3.05) is 50.7 Å². The molecule has 2 fully saturated rings. The van der Waals surface area contributed by atoms with E-state index in [4.69, 9.17) is 18.9 Å². The molecule has 2 saturated heterocycles. The average Bonchev–Trinajstić information content (AvgIpc) is 3.16. The zero-order valence-electron chi connectivity index (χ0n) is 15.6. The maximum Gasteiger partial charge on any atom is 0.171 e. The molecule has 1 aromatic heterocycles. The van der Waals surface area contributed by atoms with Crippen LogP contribution in [0, 0.1) is 0 Å². The van der Waals surface area contributed by atoms with Gasteiger partial charge in [-0.1, -0.05) is 0 Å². The van der Waals surface area contributed by atoms with Crippen LogP contribution in [-0.4, -0.2) is 56.3 Å². The topological polar surface area (TPSA) is 78.0 Å². The molecule has 2 aliphatic heterocycles. The quantitative estimate of drug-likeness (QED) is 0.858. The number of hydrogen-bond acceptors (Lipinski definition) is 8. The van der Waals surface area contributed by atoms with Gasteiger partial charge in [-0.05, 0) is 12.1 Å². The highest BCUT2D eigenvalue weighted by Gasteiger charge is 2.40. The third-order valence-corrected chi connectivity index (χ3v) is 4.97. The van der Waals surface area contributed by atoms with Gasteiger partial charge in [-0.2, -0.15) is 0 Å². The molecule has 1 spiro atoms. The van der Waals surface area contributed by atoms with Gasteiger partial charge in [0.1, 0.15) is 18.0 Å². The number of benzene rings is 1. The second-order valence-electron chi connectivity index (χ2n) is 6.55. The predicted octanol–water partition coefficient (Wildman–Crippen LogP) is 2.58. The van der Waals surface area contributed by atoms with E-state index in [1.54, 1.807) is 20.5 Å². The summed E-state index contributed by atoms with van der Waals surface area (Å²) in [6.07, 6.45) is 3.26. The molecule has 8 heteroatoms. The SMILES string of the molecule is COc1ccc(Nc2cc(N3CCC4(CC3)OCCO4)ncn2)cc1OC. The van der Waals surface area contributed by atoms with E-state index in [0.29, 0.717) is 24.7 Å². The van der Waals surface area contributed by atoms with Crippen molar-refractivity contribution in [2.45, 2.75) is 18.6 Å². The zero-order chi connectivity index (χ0) is 18.7. The maximum atomic E-state index is 5.79. The highest BCUT2D eigenvalue weighted by Crippen LogP contribution is 2.34. The zero-order valence-corrected chi connectivity index (χ0v) is 15.6. The summed E-state index contributed by atoms with van der Waals surface area (Å²) in [5, 5.41) is 3.30. The Hall–Kier alpha value is -2.58. The second kappa shape index (κ2) is 7.58. The van der Waals surface area contributed by atoms with Crippen LogP contribution in [-0.2, 0) is 9.47 Å². The van der Waals surface area contributed by atoms with Crippen LogP contribution in [0.1, 0.15) is 12.8 Å². The Morgan fingerprint density at radius 1 is 1.00 bits per heavy atom. The standard InChI is InChI=1S/C19H24N4O4/c1-24-15-4-3-14(11-16(15)25-2)22-17-12-18(21-13-20-17)23-7-5-19(6-8-23)26-9-10-27-19/h3-4,11-13H,5-10H2,1-2H3,(H,20,21,22). The fraction of sp³-hybridized carbons (Fsp3) is 0.474. The van der Waals surface area contributed by atoms with Crippen molar-refractivity contribution in [2.24, 2.45) is 0 Å². The summed E-state index contributed by atoms with van der Waals surface area (Å²) in [4.78, 5) is 11.0. The van der Waals surface area contributed by atoms with Crippen molar-refractivity contribution >= 4 is 17.3 Å². The molecule has 0 amide bonds. The highest BCUT2D eigenvalue weighted by molar-refractivity contribution is 5.63. The van der Waals surface area contributed by atoms with Gasteiger partial charge in [-0.15, -0.1) is 0 Å². The molecule has 144 valence electrons. The molecular formula is C19H24N4O4. The van der Waals surface area contributed by atoms with Crippen LogP contribution >= 0.6 is 0 Å². The molecular weight excluding hydrogens is 348 g/mol. The van der Waals surface area contributed by atoms with E-state index < -0.39 is 0 Å². The summed E-state index contributed by atoms with van der Waals surface area (Å²) < 4.78 is 22.2. The van der Waals surface area contributed by atoms with Gasteiger partial charge < -0.3 is 29.2 Å². The van der Waals surface area contributed by atoms with E-state index >= 15 is 0 Å². The molecule has 0 bridgehead atoms. The van der Waals surface area contributed by atoms with Gasteiger partial charge in [-0.25, -0.2) is 9.97 Å². The van der Waals surface area contributed by atoms with E-state index in [1.165, 1.54) is 0 Å². The van der Waals surface area contributed by atoms with Crippen LogP contribution < -0.4 is 19.7 Å². The molecule has 0 atom stereocenters. The van der Waals surface area contributed by atoms with Crippen LogP contribution in [0.4, 0.5) is 17.3 Å². The number of nitrogens with zero attached hydrogens (tertiary/aromatic N) is 3. The van der Waals surface area contributed by atoms with Crippen LogP contribution in [0.2, 0.25) is 0 Å². The summed E-state index contributed by atoms with van der Waals surface area (Å²) in [6, 6.07) is 7.60. The van der Waals surface area contributed by atoms with E-state index in [0.717, 1.165) is 43.3 Å². The number of aromatic nitrogens is 2. The predicted molar refractivity (Wildman–Crippen MR) is 101 cm³/mol. The fourth-order valence-corrected chi connectivity index (χ4v) is 3.51. The first-order valence-corrected chi connectivity index (χ1v) is 9.05. The van der Waals surface area contributed by atoms with Crippen molar-refractivity contribution in [1.29, 1.82) is 0 Å². The minimum absolute atomic E-state index is 0.385. The van der Waals surface area contributed by atoms with Gasteiger partial charge >= 0.3 is 0 Å². The first-order chi connectivity index (χ1) is 13.2. The number of anilines is 3. The van der Waals surface area contributed by atoms with Crippen LogP contribution in [0.5, 0.6) is 11.5 Å². The molecule has 4 rings (SSSR count). The Bertz CT molecular complexity index is 785. The monoisotopic (exact) mass is 372 g/mol. The lowest BCUT2D eigenvalue weighted by molar-refractivity contribution is -0.169. The maximum absolute atomic E-state index is 5.79. The van der Waals surface area contributed by atoms with Gasteiger partial charge in [0.25, 0.3) is 0 Å². The van der Waals surface area contributed by atoms with Crippen molar-refractivity contribution in [1.82, 2.24) is 9.97 Å². The van der Waals surface area contributed by atoms with Crippen LogP contribution in [0.25, 0.3) is 0 Å². The Labute approximate surface area is 158 Å². The number of methoxy groups -OCH3 is 2. The van der Waals surface area contributed by atoms with E-state index in [9.17, 15) is 0 Å². The summed E-state index contributed by atoms with van der Waals surface area (Å²) in [7, 11) is 3.23. The minimum Gasteiger partial charge on any atom is -0.493 e. The second-order valence-corrected chi connectivity index (χ2v) is 6.55. The van der Waals surface area contributed by atoms with Gasteiger partial charge in [-0.3, -0.25) is 0 Å². The largest absolute Gasteiger partial charge is 0.493 e. The molecule has 0 radical (unpaired) electrons. The van der Waals surface area contributed by atoms with Gasteiger partial charge in [0.05, 0.1) is 27.4 Å². The molecule has 2 aliphatic rings. The number of rotatable bonds is 5. The third kappa shape index (κ3) is 3.77. The number of nitrogens with one attached hydrogen (secondary N) is 1. The first kappa shape index (κ1) is 17.8. The molecule has 0 aliphatic carbocycles. The van der Waals surface area contributed by atoms with Gasteiger partial charge in [0.2, 0.25) is 0 Å². The van der Waals surface area contributed by atoms with E-state index in [1.807, 2.05) is 24.3 Å². The lowest BCUT2D eigenvalue weighted by Gasteiger charge is -2.38. The van der Waals surface area contributed by atoms with Crippen molar-refractivity contribution in [3.8, 4) is 11.5 Å². The summed E-state index contributed by atoms with van der Waals surface area (Å²) in [6.45, 7) is 3.05. The Kier molecular flexibility index (Phi) is 5.00. The molecule has 1 aromatic carbocycles.